The molecule has 0 N–H and O–H groups in total. The molecule has 0 fully saturated rings. The zero-order chi connectivity index (χ0) is 17.1. The summed E-state index contributed by atoms with van der Waals surface area (Å²) in [6, 6.07) is 8.28. The minimum Gasteiger partial charge on any atom is -0.309 e. The lowest BCUT2D eigenvalue weighted by Crippen LogP contribution is -2.27. The van der Waals surface area contributed by atoms with Crippen LogP contribution in [0, 0.1) is 26.0 Å². The topological polar surface area (TPSA) is 107 Å². The van der Waals surface area contributed by atoms with E-state index in [1.54, 1.807) is 0 Å². The van der Waals surface area contributed by atoms with Gasteiger partial charge in [-0.15, -0.1) is 0 Å². The molecule has 0 bridgehead atoms. The highest BCUT2D eigenvalue weighted by atomic mass is 19.1. The Kier molecular flexibility index (Phi) is 4.30. The van der Waals surface area contributed by atoms with Gasteiger partial charge in [-0.3, -0.25) is 25.0 Å². The first-order valence-electron chi connectivity index (χ1n) is 6.28. The fraction of sp³-hybridized carbons (Fsp3) is 0.0714. The summed E-state index contributed by atoms with van der Waals surface area (Å²) in [5.41, 5.74) is -1.70. The van der Waals surface area contributed by atoms with E-state index in [1.165, 1.54) is 25.2 Å². The van der Waals surface area contributed by atoms with Crippen LogP contribution in [0.25, 0.3) is 0 Å². The maximum absolute atomic E-state index is 13.7. The zero-order valence-electron chi connectivity index (χ0n) is 11.8. The van der Waals surface area contributed by atoms with E-state index in [2.05, 4.69) is 0 Å². The number of benzene rings is 2. The quantitative estimate of drug-likeness (QED) is 0.636. The van der Waals surface area contributed by atoms with Crippen molar-refractivity contribution >= 4 is 23.0 Å². The molecule has 0 saturated carbocycles. The molecule has 1 amide bonds. The number of anilines is 1. The van der Waals surface area contributed by atoms with Gasteiger partial charge in [0, 0.05) is 24.7 Å². The third-order valence-electron chi connectivity index (χ3n) is 3.13. The van der Waals surface area contributed by atoms with Crippen LogP contribution in [0.2, 0.25) is 0 Å². The van der Waals surface area contributed by atoms with E-state index < -0.39 is 32.9 Å². The molecule has 0 aromatic heterocycles. The van der Waals surface area contributed by atoms with Gasteiger partial charge in [0.25, 0.3) is 5.91 Å². The average Bonchev–Trinajstić information content (AvgIpc) is 2.53. The van der Waals surface area contributed by atoms with Crippen molar-refractivity contribution in [3.8, 4) is 0 Å². The standard InChI is InChI=1S/C14H10FN3O5/c1-16(11-5-3-2-4-10(11)15)14(19)9-6-7-12(17(20)21)13(8-9)18(22)23/h2-8H,1H3. The van der Waals surface area contributed by atoms with Crippen molar-refractivity contribution in [2.45, 2.75) is 0 Å². The molecule has 0 atom stereocenters. The minimum atomic E-state index is -0.946. The molecule has 0 unspecified atom stereocenters. The predicted molar refractivity (Wildman–Crippen MR) is 78.9 cm³/mol. The molecule has 0 aliphatic carbocycles. The third-order valence-corrected chi connectivity index (χ3v) is 3.13. The molecule has 0 heterocycles. The van der Waals surface area contributed by atoms with Gasteiger partial charge in [-0.25, -0.2) is 4.39 Å². The molecule has 0 saturated heterocycles. The summed E-state index contributed by atoms with van der Waals surface area (Å²) >= 11 is 0. The highest BCUT2D eigenvalue weighted by Gasteiger charge is 2.27. The van der Waals surface area contributed by atoms with Crippen LogP contribution >= 0.6 is 0 Å². The first-order chi connectivity index (χ1) is 10.8. The second-order valence-electron chi connectivity index (χ2n) is 4.53. The van der Waals surface area contributed by atoms with Crippen molar-refractivity contribution in [1.29, 1.82) is 0 Å². The van der Waals surface area contributed by atoms with Crippen molar-refractivity contribution in [3.63, 3.8) is 0 Å². The van der Waals surface area contributed by atoms with Crippen molar-refractivity contribution in [2.75, 3.05) is 11.9 Å². The van der Waals surface area contributed by atoms with E-state index in [9.17, 15) is 29.4 Å². The molecular formula is C14H10FN3O5. The van der Waals surface area contributed by atoms with Gasteiger partial charge in [0.15, 0.2) is 0 Å². The minimum absolute atomic E-state index is 0.0153. The molecule has 8 nitrogen and oxygen atoms in total. The lowest BCUT2D eigenvalue weighted by atomic mass is 10.1. The molecule has 9 heteroatoms. The first-order valence-corrected chi connectivity index (χ1v) is 6.28. The van der Waals surface area contributed by atoms with Crippen LogP contribution in [0.3, 0.4) is 0 Å². The highest BCUT2D eigenvalue weighted by Crippen LogP contribution is 2.28. The van der Waals surface area contributed by atoms with Crippen molar-refractivity contribution < 1.29 is 19.0 Å². The van der Waals surface area contributed by atoms with Crippen LogP contribution in [0.1, 0.15) is 10.4 Å². The Morgan fingerprint density at radius 1 is 1.04 bits per heavy atom. The van der Waals surface area contributed by atoms with E-state index in [0.717, 1.165) is 29.2 Å². The van der Waals surface area contributed by atoms with Gasteiger partial charge in [0.2, 0.25) is 0 Å². The van der Waals surface area contributed by atoms with Gasteiger partial charge < -0.3 is 4.90 Å². The predicted octanol–water partition coefficient (Wildman–Crippen LogP) is 2.92. The number of amides is 1. The lowest BCUT2D eigenvalue weighted by Gasteiger charge is -2.17. The van der Waals surface area contributed by atoms with Gasteiger partial charge in [0.05, 0.1) is 15.5 Å². The summed E-state index contributed by atoms with van der Waals surface area (Å²) in [5, 5.41) is 21.7. The Morgan fingerprint density at radius 3 is 2.22 bits per heavy atom. The molecule has 0 aliphatic rings. The Labute approximate surface area is 129 Å². The van der Waals surface area contributed by atoms with Crippen LogP contribution in [0.4, 0.5) is 21.5 Å². The van der Waals surface area contributed by atoms with Gasteiger partial charge in [-0.2, -0.15) is 0 Å². The van der Waals surface area contributed by atoms with E-state index in [4.69, 9.17) is 0 Å². The number of rotatable bonds is 4. The van der Waals surface area contributed by atoms with Gasteiger partial charge in [-0.05, 0) is 18.2 Å². The molecule has 23 heavy (non-hydrogen) atoms. The zero-order valence-corrected chi connectivity index (χ0v) is 11.8. The van der Waals surface area contributed by atoms with E-state index in [1.807, 2.05) is 0 Å². The number of hydrogen-bond acceptors (Lipinski definition) is 5. The normalized spacial score (nSPS) is 10.2. The van der Waals surface area contributed by atoms with Crippen LogP contribution in [-0.4, -0.2) is 22.8 Å². The second-order valence-corrected chi connectivity index (χ2v) is 4.53. The molecule has 0 spiro atoms. The maximum Gasteiger partial charge on any atom is 0.346 e. The van der Waals surface area contributed by atoms with Crippen molar-refractivity contribution in [2.24, 2.45) is 0 Å². The van der Waals surface area contributed by atoms with Crippen molar-refractivity contribution in [1.82, 2.24) is 0 Å². The SMILES string of the molecule is CN(C(=O)c1ccc([N+](=O)[O-])c([N+](=O)[O-])c1)c1ccccc1F. The smallest absolute Gasteiger partial charge is 0.309 e. The lowest BCUT2D eigenvalue weighted by molar-refractivity contribution is -0.422. The summed E-state index contributed by atoms with van der Waals surface area (Å²) in [7, 11) is 1.30. The fourth-order valence-electron chi connectivity index (χ4n) is 1.98. The number of nitro groups is 2. The number of carbonyl (C=O) groups is 1. The summed E-state index contributed by atoms with van der Waals surface area (Å²) < 4.78 is 13.7. The van der Waals surface area contributed by atoms with Crippen LogP contribution in [0.15, 0.2) is 42.5 Å². The summed E-state index contributed by atoms with van der Waals surface area (Å²) in [6.07, 6.45) is 0. The number of hydrogen-bond donors (Lipinski definition) is 0. The van der Waals surface area contributed by atoms with Gasteiger partial charge in [0.1, 0.15) is 5.82 Å². The molecule has 0 aliphatic heterocycles. The van der Waals surface area contributed by atoms with E-state index >= 15 is 0 Å². The molecule has 0 radical (unpaired) electrons. The van der Waals surface area contributed by atoms with Crippen LogP contribution in [0.5, 0.6) is 0 Å². The number of nitro benzene ring substituents is 2. The second kappa shape index (κ2) is 6.18. The highest BCUT2D eigenvalue weighted by molar-refractivity contribution is 6.06. The maximum atomic E-state index is 13.7. The summed E-state index contributed by atoms with van der Waals surface area (Å²) in [4.78, 5) is 33.1. The van der Waals surface area contributed by atoms with Crippen LogP contribution in [-0.2, 0) is 0 Å². The Morgan fingerprint density at radius 2 is 1.65 bits per heavy atom. The number of halogens is 1. The molecule has 118 valence electrons. The Balaban J connectivity index is 2.44. The number of carbonyl (C=O) groups excluding carboxylic acids is 1. The fourth-order valence-corrected chi connectivity index (χ4v) is 1.98. The summed E-state index contributed by atoms with van der Waals surface area (Å²) in [5.74, 6) is -1.37. The Bertz CT molecular complexity index is 809. The largest absolute Gasteiger partial charge is 0.346 e. The Hall–Kier alpha value is -3.36. The first kappa shape index (κ1) is 16.0. The van der Waals surface area contributed by atoms with Crippen LogP contribution < -0.4 is 4.90 Å². The third kappa shape index (κ3) is 3.12. The van der Waals surface area contributed by atoms with E-state index in [0.29, 0.717) is 0 Å². The molecular weight excluding hydrogens is 309 g/mol. The van der Waals surface area contributed by atoms with Gasteiger partial charge in [-0.1, -0.05) is 12.1 Å². The number of nitrogens with zero attached hydrogens (tertiary/aromatic N) is 3. The van der Waals surface area contributed by atoms with Gasteiger partial charge >= 0.3 is 11.4 Å². The van der Waals surface area contributed by atoms with Crippen molar-refractivity contribution in [3.05, 3.63) is 74.1 Å². The molecule has 2 aromatic carbocycles. The average molecular weight is 319 g/mol. The monoisotopic (exact) mass is 319 g/mol. The molecule has 2 aromatic rings. The number of para-hydroxylation sites is 1. The molecule has 2 rings (SSSR count). The summed E-state index contributed by atoms with van der Waals surface area (Å²) in [6.45, 7) is 0. The van der Waals surface area contributed by atoms with E-state index in [-0.39, 0.29) is 11.3 Å².